The van der Waals surface area contributed by atoms with E-state index in [0.29, 0.717) is 0 Å². The standard InChI is InChI=1S/C13H29N.HO3P/c1-3-4-5-6-7-8-9-10-11-12-13-14-2;1-4(2)3/h14H,3-13H2,1-2H3;(H-,1,2,3)/p+1. The normalized spacial score (nSPS) is 9.78. The third kappa shape index (κ3) is 29.7. The van der Waals surface area contributed by atoms with Crippen molar-refractivity contribution >= 4 is 8.25 Å². The van der Waals surface area contributed by atoms with E-state index in [2.05, 4.69) is 12.2 Å². The van der Waals surface area contributed by atoms with Gasteiger partial charge in [0.05, 0.1) is 0 Å². The summed E-state index contributed by atoms with van der Waals surface area (Å²) in [5.41, 5.74) is 0. The second kappa shape index (κ2) is 19.3. The van der Waals surface area contributed by atoms with E-state index in [1.807, 2.05) is 7.05 Å². The molecule has 0 atom stereocenters. The Morgan fingerprint density at radius 2 is 1.17 bits per heavy atom. The Morgan fingerprint density at radius 1 is 0.833 bits per heavy atom. The van der Waals surface area contributed by atoms with Gasteiger partial charge >= 0.3 is 8.25 Å². The molecular weight excluding hydrogens is 249 g/mol. The summed E-state index contributed by atoms with van der Waals surface area (Å²) in [6.45, 7) is 3.47. The molecule has 5 heteroatoms. The zero-order valence-corrected chi connectivity index (χ0v) is 12.9. The van der Waals surface area contributed by atoms with E-state index in [9.17, 15) is 0 Å². The van der Waals surface area contributed by atoms with Crippen LogP contribution in [0.1, 0.15) is 71.1 Å². The third-order valence-corrected chi connectivity index (χ3v) is 2.78. The van der Waals surface area contributed by atoms with E-state index < -0.39 is 8.25 Å². The van der Waals surface area contributed by atoms with Gasteiger partial charge in [0.15, 0.2) is 0 Å². The highest BCUT2D eigenvalue weighted by Gasteiger charge is 1.93. The molecule has 0 bridgehead atoms. The first-order chi connectivity index (χ1) is 8.65. The monoisotopic (exact) mass is 280 g/mol. The fraction of sp³-hybridized carbons (Fsp3) is 1.00. The summed E-state index contributed by atoms with van der Waals surface area (Å²) in [4.78, 5) is 14.2. The van der Waals surface area contributed by atoms with Crippen LogP contribution in [0.3, 0.4) is 0 Å². The van der Waals surface area contributed by atoms with E-state index in [1.165, 1.54) is 70.8 Å². The van der Waals surface area contributed by atoms with Gasteiger partial charge in [-0.2, -0.15) is 0 Å². The zero-order valence-electron chi connectivity index (χ0n) is 12.0. The van der Waals surface area contributed by atoms with E-state index >= 15 is 0 Å². The third-order valence-electron chi connectivity index (χ3n) is 2.78. The van der Waals surface area contributed by atoms with Crippen molar-refractivity contribution in [2.75, 3.05) is 13.6 Å². The summed E-state index contributed by atoms with van der Waals surface area (Å²) in [6.07, 6.45) is 14.3. The van der Waals surface area contributed by atoms with Gasteiger partial charge in [-0.3, -0.25) is 0 Å². The van der Waals surface area contributed by atoms with Crippen molar-refractivity contribution < 1.29 is 14.4 Å². The topological polar surface area (TPSA) is 69.6 Å². The Balaban J connectivity index is 0. The van der Waals surface area contributed by atoms with Crippen molar-refractivity contribution in [2.45, 2.75) is 71.1 Å². The van der Waals surface area contributed by atoms with Crippen molar-refractivity contribution in [3.05, 3.63) is 0 Å². The first kappa shape index (κ1) is 20.3. The van der Waals surface area contributed by atoms with Crippen LogP contribution in [0.4, 0.5) is 0 Å². The van der Waals surface area contributed by atoms with Gasteiger partial charge < -0.3 is 5.32 Å². The molecule has 0 aromatic rings. The lowest BCUT2D eigenvalue weighted by molar-refractivity contribution is 0.405. The van der Waals surface area contributed by atoms with Crippen molar-refractivity contribution in [3.8, 4) is 0 Å². The number of hydrogen-bond donors (Lipinski definition) is 3. The van der Waals surface area contributed by atoms with E-state index in [0.717, 1.165) is 0 Å². The molecule has 3 N–H and O–H groups in total. The molecule has 0 unspecified atom stereocenters. The summed E-state index contributed by atoms with van der Waals surface area (Å²) in [6, 6.07) is 0. The van der Waals surface area contributed by atoms with Crippen LogP contribution in [0.2, 0.25) is 0 Å². The zero-order chi connectivity index (χ0) is 14.1. The SMILES string of the molecule is CCCCCCCCCCCCNC.O=[P+](O)O. The van der Waals surface area contributed by atoms with Crippen LogP contribution >= 0.6 is 8.25 Å². The molecule has 0 aromatic carbocycles. The van der Waals surface area contributed by atoms with Crippen LogP contribution in [0.15, 0.2) is 0 Å². The van der Waals surface area contributed by atoms with Crippen LogP contribution in [-0.2, 0) is 4.57 Å². The predicted molar refractivity (Wildman–Crippen MR) is 77.8 cm³/mol. The molecule has 0 aromatic heterocycles. The maximum atomic E-state index is 8.70. The number of unbranched alkanes of at least 4 members (excludes halogenated alkanes) is 9. The molecular formula is C13H31NO3P+. The maximum Gasteiger partial charge on any atom is 0.692 e. The summed E-state index contributed by atoms with van der Waals surface area (Å²) in [7, 11) is -0.835. The van der Waals surface area contributed by atoms with Crippen LogP contribution in [0, 0.1) is 0 Å². The Kier molecular flexibility index (Phi) is 21.8. The van der Waals surface area contributed by atoms with Gasteiger partial charge in [-0.05, 0) is 20.0 Å². The van der Waals surface area contributed by atoms with Gasteiger partial charge in [-0.15, -0.1) is 9.79 Å². The molecule has 0 heterocycles. The summed E-state index contributed by atoms with van der Waals surface area (Å²) in [5, 5.41) is 3.19. The average Bonchev–Trinajstić information content (AvgIpc) is 2.31. The smallest absolute Gasteiger partial charge is 0.320 e. The van der Waals surface area contributed by atoms with Crippen LogP contribution in [0.25, 0.3) is 0 Å². The molecule has 18 heavy (non-hydrogen) atoms. The maximum absolute atomic E-state index is 8.70. The first-order valence-corrected chi connectivity index (χ1v) is 8.31. The number of nitrogens with one attached hydrogen (secondary N) is 1. The molecule has 4 nitrogen and oxygen atoms in total. The van der Waals surface area contributed by atoms with Crippen molar-refractivity contribution in [2.24, 2.45) is 0 Å². The van der Waals surface area contributed by atoms with E-state index in [-0.39, 0.29) is 0 Å². The van der Waals surface area contributed by atoms with Crippen LogP contribution in [0.5, 0.6) is 0 Å². The molecule has 0 spiro atoms. The van der Waals surface area contributed by atoms with E-state index in [1.54, 1.807) is 0 Å². The largest absolute Gasteiger partial charge is 0.692 e. The summed E-state index contributed by atoms with van der Waals surface area (Å²) in [5.74, 6) is 0. The van der Waals surface area contributed by atoms with Crippen LogP contribution < -0.4 is 5.32 Å². The molecule has 0 rings (SSSR count). The Hall–Kier alpha value is -0.0200. The Labute approximate surface area is 113 Å². The second-order valence-electron chi connectivity index (χ2n) is 4.54. The average molecular weight is 280 g/mol. The molecule has 0 aliphatic rings. The van der Waals surface area contributed by atoms with Crippen molar-refractivity contribution in [3.63, 3.8) is 0 Å². The van der Waals surface area contributed by atoms with Crippen LogP contribution in [-0.4, -0.2) is 23.4 Å². The lowest BCUT2D eigenvalue weighted by Crippen LogP contribution is -2.06. The predicted octanol–water partition coefficient (Wildman–Crippen LogP) is 3.76. The Morgan fingerprint density at radius 3 is 1.50 bits per heavy atom. The molecule has 0 aliphatic heterocycles. The van der Waals surface area contributed by atoms with Gasteiger partial charge in [0.25, 0.3) is 0 Å². The number of hydrogen-bond acceptors (Lipinski definition) is 2. The highest BCUT2D eigenvalue weighted by atomic mass is 31.1. The van der Waals surface area contributed by atoms with Gasteiger partial charge in [0.1, 0.15) is 0 Å². The molecule has 110 valence electrons. The van der Waals surface area contributed by atoms with Crippen molar-refractivity contribution in [1.82, 2.24) is 5.32 Å². The summed E-state index contributed by atoms with van der Waals surface area (Å²) >= 11 is 0. The van der Waals surface area contributed by atoms with Gasteiger partial charge in [0, 0.05) is 4.57 Å². The van der Waals surface area contributed by atoms with Gasteiger partial charge in [-0.25, -0.2) is 0 Å². The van der Waals surface area contributed by atoms with Gasteiger partial charge in [0.2, 0.25) is 0 Å². The minimum atomic E-state index is -2.87. The molecule has 0 saturated carbocycles. The van der Waals surface area contributed by atoms with Gasteiger partial charge in [-0.1, -0.05) is 64.7 Å². The minimum absolute atomic E-state index is 1.19. The molecule has 0 amide bonds. The lowest BCUT2D eigenvalue weighted by atomic mass is 10.1. The lowest BCUT2D eigenvalue weighted by Gasteiger charge is -2.01. The highest BCUT2D eigenvalue weighted by Crippen LogP contribution is 2.09. The number of rotatable bonds is 11. The van der Waals surface area contributed by atoms with Crippen molar-refractivity contribution in [1.29, 1.82) is 0 Å². The van der Waals surface area contributed by atoms with E-state index in [4.69, 9.17) is 14.4 Å². The molecule has 0 fully saturated rings. The second-order valence-corrected chi connectivity index (χ2v) is 5.04. The molecule has 0 radical (unpaired) electrons. The highest BCUT2D eigenvalue weighted by molar-refractivity contribution is 7.30. The molecule has 0 aliphatic carbocycles. The first-order valence-electron chi connectivity index (χ1n) is 7.14. The quantitative estimate of drug-likeness (QED) is 0.398. The molecule has 0 saturated heterocycles. The summed E-state index contributed by atoms with van der Waals surface area (Å²) < 4.78 is 8.70. The fourth-order valence-corrected chi connectivity index (χ4v) is 1.79. The minimum Gasteiger partial charge on any atom is -0.320 e. The Bertz CT molecular complexity index is 152. The fourth-order valence-electron chi connectivity index (χ4n) is 1.79.